The smallest absolute Gasteiger partial charge is 0.338 e. The molecule has 0 saturated carbocycles. The summed E-state index contributed by atoms with van der Waals surface area (Å²) in [4.78, 5) is 11.2. The third-order valence-electron chi connectivity index (χ3n) is 2.68. The summed E-state index contributed by atoms with van der Waals surface area (Å²) in [6.07, 6.45) is 1.77. The predicted molar refractivity (Wildman–Crippen MR) is 72.2 cm³/mol. The van der Waals surface area contributed by atoms with Crippen LogP contribution >= 0.6 is 0 Å². The fourth-order valence-electron chi connectivity index (χ4n) is 1.56. The molecule has 0 aliphatic heterocycles. The van der Waals surface area contributed by atoms with Crippen LogP contribution in [0.2, 0.25) is 0 Å². The molecule has 0 aromatic heterocycles. The van der Waals surface area contributed by atoms with Gasteiger partial charge in [-0.2, -0.15) is 0 Å². The average molecular weight is 296 g/mol. The molecule has 0 fully saturated rings. The van der Waals surface area contributed by atoms with Gasteiger partial charge in [0.15, 0.2) is 5.60 Å². The number of methoxy groups -OCH3 is 1. The standard InChI is InChI=1S/C11H24N2O5S/c1-5-13(19(4,16)17)8-6-7-12-9-11(2,15)10(14)18-3/h12,15H,5-9H2,1-4H3. The molecule has 0 heterocycles. The number of carbonyl (C=O) groups excluding carboxylic acids is 1. The quantitative estimate of drug-likeness (QED) is 0.426. The SMILES string of the molecule is CCN(CCCNCC(C)(O)C(=O)OC)S(C)(=O)=O. The number of sulfonamides is 1. The first-order valence-electron chi connectivity index (χ1n) is 6.11. The van der Waals surface area contributed by atoms with Crippen molar-refractivity contribution in [2.75, 3.05) is 39.5 Å². The zero-order valence-electron chi connectivity index (χ0n) is 12.0. The van der Waals surface area contributed by atoms with E-state index in [1.165, 1.54) is 24.6 Å². The molecule has 0 aromatic carbocycles. The summed E-state index contributed by atoms with van der Waals surface area (Å²) in [6.45, 7) is 4.53. The average Bonchev–Trinajstić information content (AvgIpc) is 2.30. The van der Waals surface area contributed by atoms with Crippen molar-refractivity contribution in [3.8, 4) is 0 Å². The van der Waals surface area contributed by atoms with Gasteiger partial charge in [-0.1, -0.05) is 6.92 Å². The molecule has 19 heavy (non-hydrogen) atoms. The second-order valence-corrected chi connectivity index (χ2v) is 6.53. The van der Waals surface area contributed by atoms with Gasteiger partial charge in [0.2, 0.25) is 10.0 Å². The van der Waals surface area contributed by atoms with E-state index in [2.05, 4.69) is 10.1 Å². The van der Waals surface area contributed by atoms with E-state index in [4.69, 9.17) is 0 Å². The van der Waals surface area contributed by atoms with E-state index in [0.717, 1.165) is 0 Å². The maximum absolute atomic E-state index is 11.3. The van der Waals surface area contributed by atoms with Gasteiger partial charge in [-0.3, -0.25) is 0 Å². The number of nitrogens with zero attached hydrogens (tertiary/aromatic N) is 1. The minimum Gasteiger partial charge on any atom is -0.467 e. The summed E-state index contributed by atoms with van der Waals surface area (Å²) in [7, 11) is -1.96. The Labute approximate surface area is 115 Å². The number of hydrogen-bond donors (Lipinski definition) is 2. The van der Waals surface area contributed by atoms with Crippen LogP contribution in [0.15, 0.2) is 0 Å². The highest BCUT2D eigenvalue weighted by atomic mass is 32.2. The van der Waals surface area contributed by atoms with Gasteiger partial charge in [0.1, 0.15) is 0 Å². The van der Waals surface area contributed by atoms with Crippen LogP contribution in [0.4, 0.5) is 0 Å². The van der Waals surface area contributed by atoms with Gasteiger partial charge in [0, 0.05) is 19.6 Å². The van der Waals surface area contributed by atoms with Crippen LogP contribution in [0.25, 0.3) is 0 Å². The van der Waals surface area contributed by atoms with Crippen molar-refractivity contribution in [1.29, 1.82) is 0 Å². The third kappa shape index (κ3) is 6.86. The second-order valence-electron chi connectivity index (χ2n) is 4.55. The number of aliphatic hydroxyl groups is 1. The van der Waals surface area contributed by atoms with Crippen LogP contribution in [0.5, 0.6) is 0 Å². The van der Waals surface area contributed by atoms with Crippen LogP contribution in [0, 0.1) is 0 Å². The third-order valence-corrected chi connectivity index (χ3v) is 4.06. The Morgan fingerprint density at radius 3 is 2.47 bits per heavy atom. The van der Waals surface area contributed by atoms with Crippen LogP contribution in [-0.2, 0) is 19.6 Å². The Morgan fingerprint density at radius 1 is 1.47 bits per heavy atom. The van der Waals surface area contributed by atoms with Gasteiger partial charge in [-0.25, -0.2) is 17.5 Å². The topological polar surface area (TPSA) is 95.9 Å². The summed E-state index contributed by atoms with van der Waals surface area (Å²) in [5, 5.41) is 12.6. The molecule has 0 aliphatic rings. The van der Waals surface area contributed by atoms with E-state index < -0.39 is 21.6 Å². The Kier molecular flexibility index (Phi) is 7.50. The van der Waals surface area contributed by atoms with E-state index in [9.17, 15) is 18.3 Å². The number of nitrogens with one attached hydrogen (secondary N) is 1. The Morgan fingerprint density at radius 2 is 2.05 bits per heavy atom. The van der Waals surface area contributed by atoms with Gasteiger partial charge in [0.05, 0.1) is 13.4 Å². The van der Waals surface area contributed by atoms with Crippen LogP contribution in [-0.4, -0.2) is 68.9 Å². The van der Waals surface area contributed by atoms with Crippen molar-refractivity contribution in [3.05, 3.63) is 0 Å². The van der Waals surface area contributed by atoms with Gasteiger partial charge >= 0.3 is 5.97 Å². The fraction of sp³-hybridized carbons (Fsp3) is 0.909. The van der Waals surface area contributed by atoms with E-state index >= 15 is 0 Å². The summed E-state index contributed by atoms with van der Waals surface area (Å²) in [6, 6.07) is 0. The summed E-state index contributed by atoms with van der Waals surface area (Å²) >= 11 is 0. The lowest BCUT2D eigenvalue weighted by atomic mass is 10.1. The molecule has 0 aromatic rings. The zero-order valence-corrected chi connectivity index (χ0v) is 12.8. The first-order chi connectivity index (χ1) is 8.65. The molecule has 114 valence electrons. The molecule has 7 nitrogen and oxygen atoms in total. The molecule has 2 N–H and O–H groups in total. The van der Waals surface area contributed by atoms with Gasteiger partial charge in [-0.15, -0.1) is 0 Å². The lowest BCUT2D eigenvalue weighted by Crippen LogP contribution is -2.46. The number of hydrogen-bond acceptors (Lipinski definition) is 6. The second kappa shape index (κ2) is 7.78. The van der Waals surface area contributed by atoms with E-state index in [-0.39, 0.29) is 6.54 Å². The molecule has 1 unspecified atom stereocenters. The number of esters is 1. The Bertz CT molecular complexity index is 381. The molecule has 8 heteroatoms. The minimum absolute atomic E-state index is 0.0602. The monoisotopic (exact) mass is 296 g/mol. The lowest BCUT2D eigenvalue weighted by molar-refractivity contribution is -0.159. The van der Waals surface area contributed by atoms with Gasteiger partial charge in [-0.05, 0) is 19.9 Å². The predicted octanol–water partition coefficient (Wildman–Crippen LogP) is -0.828. The zero-order chi connectivity index (χ0) is 15.1. The van der Waals surface area contributed by atoms with Crippen molar-refractivity contribution in [2.24, 2.45) is 0 Å². The van der Waals surface area contributed by atoms with Crippen LogP contribution in [0.3, 0.4) is 0 Å². The number of rotatable bonds is 9. The van der Waals surface area contributed by atoms with Crippen molar-refractivity contribution in [3.63, 3.8) is 0 Å². The molecule has 0 spiro atoms. The highest BCUT2D eigenvalue weighted by Gasteiger charge is 2.30. The van der Waals surface area contributed by atoms with Crippen LogP contribution < -0.4 is 5.32 Å². The minimum atomic E-state index is -3.17. The van der Waals surface area contributed by atoms with E-state index in [0.29, 0.717) is 26.1 Å². The molecule has 0 aliphatic carbocycles. The van der Waals surface area contributed by atoms with E-state index in [1.807, 2.05) is 0 Å². The number of carbonyl (C=O) groups is 1. The summed E-state index contributed by atoms with van der Waals surface area (Å²) < 4.78 is 28.5. The molecule has 0 amide bonds. The summed E-state index contributed by atoms with van der Waals surface area (Å²) in [5.41, 5.74) is -1.57. The highest BCUT2D eigenvalue weighted by Crippen LogP contribution is 2.04. The maximum Gasteiger partial charge on any atom is 0.338 e. The van der Waals surface area contributed by atoms with Crippen molar-refractivity contribution in [1.82, 2.24) is 9.62 Å². The molecule has 1 atom stereocenters. The first-order valence-corrected chi connectivity index (χ1v) is 7.96. The normalized spacial score (nSPS) is 15.3. The number of ether oxygens (including phenoxy) is 1. The van der Waals surface area contributed by atoms with Crippen molar-refractivity contribution < 1.29 is 23.1 Å². The Hall–Kier alpha value is -0.700. The largest absolute Gasteiger partial charge is 0.467 e. The van der Waals surface area contributed by atoms with Crippen molar-refractivity contribution in [2.45, 2.75) is 25.9 Å². The first kappa shape index (κ1) is 18.3. The van der Waals surface area contributed by atoms with Crippen LogP contribution in [0.1, 0.15) is 20.3 Å². The Balaban J connectivity index is 3.97. The fourth-order valence-corrected chi connectivity index (χ4v) is 2.49. The van der Waals surface area contributed by atoms with E-state index in [1.54, 1.807) is 6.92 Å². The maximum atomic E-state index is 11.3. The molecule has 0 bridgehead atoms. The molecule has 0 radical (unpaired) electrons. The van der Waals surface area contributed by atoms with Gasteiger partial charge in [0.25, 0.3) is 0 Å². The molecule has 0 rings (SSSR count). The molecular weight excluding hydrogens is 272 g/mol. The highest BCUT2D eigenvalue weighted by molar-refractivity contribution is 7.88. The lowest BCUT2D eigenvalue weighted by Gasteiger charge is -2.21. The van der Waals surface area contributed by atoms with Crippen molar-refractivity contribution >= 4 is 16.0 Å². The summed E-state index contributed by atoms with van der Waals surface area (Å²) in [5.74, 6) is -0.702. The van der Waals surface area contributed by atoms with Gasteiger partial charge < -0.3 is 15.2 Å². The molecular formula is C11H24N2O5S. The molecule has 0 saturated heterocycles.